The van der Waals surface area contributed by atoms with E-state index in [1.807, 2.05) is 37.7 Å². The molecule has 1 aromatic heterocycles. The largest absolute Gasteiger partial charge is 0.444 e. The molecule has 1 N–H and O–H groups in total. The molecule has 2 aliphatic rings. The number of nitrogens with one attached hydrogen (secondary N) is 1. The maximum Gasteiger partial charge on any atom is 0.410 e. The number of carbonyl (C=O) groups is 1. The van der Waals surface area contributed by atoms with Crippen LogP contribution in [0.1, 0.15) is 27.7 Å². The fraction of sp³-hybridized carbons (Fsp3) is 0.722. The lowest BCUT2D eigenvalue weighted by atomic mass is 10.2. The smallest absolute Gasteiger partial charge is 0.410 e. The predicted octanol–water partition coefficient (Wildman–Crippen LogP) is 1.40. The summed E-state index contributed by atoms with van der Waals surface area (Å²) in [6, 6.07) is 2.18. The van der Waals surface area contributed by atoms with Crippen LogP contribution in [-0.4, -0.2) is 76.0 Å². The lowest BCUT2D eigenvalue weighted by Crippen LogP contribution is -2.57. The van der Waals surface area contributed by atoms with Crippen LogP contribution in [0.2, 0.25) is 0 Å². The van der Waals surface area contributed by atoms with Crippen LogP contribution in [0.5, 0.6) is 0 Å². The van der Waals surface area contributed by atoms with Gasteiger partial charge in [-0.25, -0.2) is 4.79 Å². The minimum atomic E-state index is -0.460. The van der Waals surface area contributed by atoms with Crippen LogP contribution < -0.4 is 5.32 Å². The van der Waals surface area contributed by atoms with Gasteiger partial charge in [0.1, 0.15) is 5.60 Å². The van der Waals surface area contributed by atoms with Gasteiger partial charge in [-0.2, -0.15) is 5.10 Å². The van der Waals surface area contributed by atoms with Gasteiger partial charge in [-0.1, -0.05) is 6.92 Å². The van der Waals surface area contributed by atoms with E-state index in [1.165, 1.54) is 0 Å². The molecule has 2 aliphatic heterocycles. The molecule has 8 heteroatoms. The van der Waals surface area contributed by atoms with Crippen LogP contribution >= 0.6 is 0 Å². The van der Waals surface area contributed by atoms with E-state index in [0.29, 0.717) is 19.0 Å². The lowest BCUT2D eigenvalue weighted by molar-refractivity contribution is 0.0137. The van der Waals surface area contributed by atoms with E-state index >= 15 is 0 Å². The Bertz CT molecular complexity index is 637. The molecule has 3 rings (SSSR count). The van der Waals surface area contributed by atoms with E-state index in [0.717, 1.165) is 32.1 Å². The first-order chi connectivity index (χ1) is 12.3. The number of hydrogen-bond donors (Lipinski definition) is 1. The Kier molecular flexibility index (Phi) is 5.38. The van der Waals surface area contributed by atoms with Crippen molar-refractivity contribution in [2.75, 3.05) is 32.7 Å². The van der Waals surface area contributed by atoms with Crippen molar-refractivity contribution < 1.29 is 9.53 Å². The van der Waals surface area contributed by atoms with Gasteiger partial charge in [-0.3, -0.25) is 9.67 Å². The zero-order valence-corrected chi connectivity index (χ0v) is 16.2. The number of hydrogen-bond acceptors (Lipinski definition) is 6. The number of guanidine groups is 1. The maximum atomic E-state index is 12.3. The second-order valence-corrected chi connectivity index (χ2v) is 8.15. The number of rotatable bonds is 4. The minimum Gasteiger partial charge on any atom is -0.444 e. The summed E-state index contributed by atoms with van der Waals surface area (Å²) in [6.45, 7) is 12.4. The Morgan fingerprint density at radius 2 is 2.23 bits per heavy atom. The molecule has 0 aromatic carbocycles. The van der Waals surface area contributed by atoms with Gasteiger partial charge < -0.3 is 19.9 Å². The van der Waals surface area contributed by atoms with E-state index in [-0.39, 0.29) is 12.1 Å². The van der Waals surface area contributed by atoms with Crippen molar-refractivity contribution >= 4 is 12.1 Å². The highest BCUT2D eigenvalue weighted by Gasteiger charge is 2.36. The first-order valence-electron chi connectivity index (χ1n) is 9.32. The van der Waals surface area contributed by atoms with Crippen LogP contribution in [0.25, 0.3) is 0 Å². The monoisotopic (exact) mass is 362 g/mol. The van der Waals surface area contributed by atoms with Crippen molar-refractivity contribution in [2.45, 2.75) is 45.9 Å². The van der Waals surface area contributed by atoms with Crippen molar-refractivity contribution in [2.24, 2.45) is 10.9 Å². The Labute approximate surface area is 155 Å². The molecular formula is C18H30N6O2. The Morgan fingerprint density at radius 3 is 2.92 bits per heavy atom. The van der Waals surface area contributed by atoms with Crippen LogP contribution in [-0.2, 0) is 11.3 Å². The van der Waals surface area contributed by atoms with E-state index in [1.54, 1.807) is 11.1 Å². The van der Waals surface area contributed by atoms with Crippen LogP contribution in [0.4, 0.5) is 4.79 Å². The molecule has 1 fully saturated rings. The molecule has 2 atom stereocenters. The molecule has 2 unspecified atom stereocenters. The van der Waals surface area contributed by atoms with E-state index in [4.69, 9.17) is 4.74 Å². The van der Waals surface area contributed by atoms with Crippen molar-refractivity contribution in [3.8, 4) is 0 Å². The summed E-state index contributed by atoms with van der Waals surface area (Å²) >= 11 is 0. The molecule has 0 saturated carbocycles. The molecule has 0 spiro atoms. The average Bonchev–Trinajstić information content (AvgIpc) is 3.20. The molecular weight excluding hydrogens is 332 g/mol. The van der Waals surface area contributed by atoms with Gasteiger partial charge >= 0.3 is 6.09 Å². The maximum absolute atomic E-state index is 12.3. The van der Waals surface area contributed by atoms with Crippen molar-refractivity contribution in [1.29, 1.82) is 0 Å². The van der Waals surface area contributed by atoms with Gasteiger partial charge in [-0.15, -0.1) is 0 Å². The van der Waals surface area contributed by atoms with Gasteiger partial charge in [0.05, 0.1) is 12.6 Å². The summed E-state index contributed by atoms with van der Waals surface area (Å²) in [5, 5.41) is 7.73. The molecule has 26 heavy (non-hydrogen) atoms. The third-order valence-electron chi connectivity index (χ3n) is 4.52. The van der Waals surface area contributed by atoms with Gasteiger partial charge in [0.2, 0.25) is 0 Å². The number of piperazine rings is 1. The lowest BCUT2D eigenvalue weighted by Gasteiger charge is -2.39. The van der Waals surface area contributed by atoms with Gasteiger partial charge in [0.15, 0.2) is 5.96 Å². The molecule has 144 valence electrons. The third kappa shape index (κ3) is 4.68. The third-order valence-corrected chi connectivity index (χ3v) is 4.52. The van der Waals surface area contributed by atoms with Crippen LogP contribution in [0.3, 0.4) is 0 Å². The fourth-order valence-corrected chi connectivity index (χ4v) is 3.28. The summed E-state index contributed by atoms with van der Waals surface area (Å²) in [4.78, 5) is 21.0. The minimum absolute atomic E-state index is 0.230. The summed E-state index contributed by atoms with van der Waals surface area (Å²) in [7, 11) is 0. The average molecular weight is 362 g/mol. The number of aromatic nitrogens is 2. The van der Waals surface area contributed by atoms with Gasteiger partial charge in [0, 0.05) is 45.1 Å². The van der Waals surface area contributed by atoms with Crippen molar-refractivity contribution in [3.05, 3.63) is 18.5 Å². The van der Waals surface area contributed by atoms with Gasteiger partial charge in [-0.05, 0) is 32.8 Å². The second-order valence-electron chi connectivity index (χ2n) is 8.15. The summed E-state index contributed by atoms with van der Waals surface area (Å²) in [5.41, 5.74) is -0.460. The normalized spacial score (nSPS) is 21.2. The molecule has 1 aromatic rings. The number of aliphatic imine (C=N–C) groups is 1. The molecule has 0 bridgehead atoms. The summed E-state index contributed by atoms with van der Waals surface area (Å²) < 4.78 is 7.44. The number of nitrogens with zero attached hydrogens (tertiary/aromatic N) is 5. The molecule has 0 radical (unpaired) electrons. The molecule has 1 amide bonds. The van der Waals surface area contributed by atoms with E-state index in [2.05, 4.69) is 27.2 Å². The summed E-state index contributed by atoms with van der Waals surface area (Å²) in [5.74, 6) is 1.39. The summed E-state index contributed by atoms with van der Waals surface area (Å²) in [6.07, 6.45) is 3.55. The fourth-order valence-electron chi connectivity index (χ4n) is 3.28. The number of ether oxygens (including phenoxy) is 1. The van der Waals surface area contributed by atoms with Crippen molar-refractivity contribution in [3.63, 3.8) is 0 Å². The molecule has 3 heterocycles. The zero-order valence-electron chi connectivity index (χ0n) is 16.2. The first-order valence-corrected chi connectivity index (χ1v) is 9.32. The Hall–Kier alpha value is -2.25. The molecule has 1 saturated heterocycles. The molecule has 0 aliphatic carbocycles. The Balaban J connectivity index is 1.45. The Morgan fingerprint density at radius 1 is 1.42 bits per heavy atom. The molecule has 8 nitrogen and oxygen atoms in total. The number of carbonyl (C=O) groups excluding carboxylic acids is 1. The number of amides is 1. The second kappa shape index (κ2) is 7.55. The van der Waals surface area contributed by atoms with E-state index in [9.17, 15) is 4.79 Å². The highest BCUT2D eigenvalue weighted by atomic mass is 16.6. The standard InChI is InChI=1S/C18H30N6O2/c1-14(12-23-7-5-6-21-23)10-19-16-20-11-15-13-22(8-9-24(15)16)17(25)26-18(2,3)4/h5-7,14-15H,8-13H2,1-4H3,(H,19,20). The first kappa shape index (κ1) is 18.5. The van der Waals surface area contributed by atoms with Crippen molar-refractivity contribution in [1.82, 2.24) is 24.9 Å². The van der Waals surface area contributed by atoms with Crippen LogP contribution in [0, 0.1) is 5.92 Å². The topological polar surface area (TPSA) is 75.0 Å². The van der Waals surface area contributed by atoms with Crippen LogP contribution in [0.15, 0.2) is 23.5 Å². The highest BCUT2D eigenvalue weighted by Crippen LogP contribution is 2.18. The SMILES string of the molecule is CC(CNC1=NCC2CN(C(=O)OC(C)(C)C)CCN12)Cn1cccn1. The van der Waals surface area contributed by atoms with E-state index < -0.39 is 5.60 Å². The zero-order chi connectivity index (χ0) is 18.7. The quantitative estimate of drug-likeness (QED) is 0.876. The highest BCUT2D eigenvalue weighted by molar-refractivity contribution is 5.82. The van der Waals surface area contributed by atoms with Gasteiger partial charge in [0.25, 0.3) is 0 Å². The predicted molar refractivity (Wildman–Crippen MR) is 100.0 cm³/mol. The number of fused-ring (bicyclic) bond motifs is 1.